The third kappa shape index (κ3) is 2.64. The van der Waals surface area contributed by atoms with Crippen molar-refractivity contribution in [3.05, 3.63) is 41.5 Å². The molecule has 25 heavy (non-hydrogen) atoms. The normalized spacial score (nSPS) is 15.8. The van der Waals surface area contributed by atoms with Gasteiger partial charge in [-0.05, 0) is 48.9 Å². The number of nitriles is 1. The molecular formula is C21H24N4. The van der Waals surface area contributed by atoms with Crippen molar-refractivity contribution in [3.8, 4) is 6.07 Å². The van der Waals surface area contributed by atoms with Crippen LogP contribution in [0, 0.1) is 17.2 Å². The fourth-order valence-electron chi connectivity index (χ4n) is 3.92. The van der Waals surface area contributed by atoms with Gasteiger partial charge in [0.1, 0.15) is 11.9 Å². The summed E-state index contributed by atoms with van der Waals surface area (Å²) in [6.45, 7) is 6.64. The summed E-state index contributed by atoms with van der Waals surface area (Å²) < 4.78 is 2.20. The predicted molar refractivity (Wildman–Crippen MR) is 102 cm³/mol. The minimum Gasteiger partial charge on any atom is -0.358 e. The molecule has 3 aromatic rings. The van der Waals surface area contributed by atoms with Crippen LogP contribution in [0.4, 0.5) is 5.82 Å². The zero-order valence-corrected chi connectivity index (χ0v) is 15.0. The van der Waals surface area contributed by atoms with Crippen LogP contribution in [-0.4, -0.2) is 22.5 Å². The van der Waals surface area contributed by atoms with Gasteiger partial charge >= 0.3 is 0 Å². The van der Waals surface area contributed by atoms with Gasteiger partial charge in [-0.25, -0.2) is 4.98 Å². The van der Waals surface area contributed by atoms with Gasteiger partial charge in [0.05, 0.1) is 16.6 Å². The molecule has 1 aromatic carbocycles. The smallest absolute Gasteiger partial charge is 0.157 e. The molecule has 1 saturated heterocycles. The highest BCUT2D eigenvalue weighted by Crippen LogP contribution is 2.31. The number of hydrogen-bond acceptors (Lipinski definition) is 3. The molecule has 0 N–H and O–H groups in total. The van der Waals surface area contributed by atoms with E-state index in [-0.39, 0.29) is 0 Å². The Balaban J connectivity index is 2.01. The molecule has 1 fully saturated rings. The Morgan fingerprint density at radius 1 is 1.24 bits per heavy atom. The van der Waals surface area contributed by atoms with E-state index in [1.165, 1.54) is 18.7 Å². The SMILES string of the molecule is CCCc1cc(N2CCC(C)CC2)n2c(nc3ccccc32)c1C#N. The van der Waals surface area contributed by atoms with Gasteiger partial charge in [-0.3, -0.25) is 4.40 Å². The van der Waals surface area contributed by atoms with Crippen molar-refractivity contribution in [2.24, 2.45) is 5.92 Å². The number of anilines is 1. The molecule has 0 atom stereocenters. The maximum absolute atomic E-state index is 9.79. The highest BCUT2D eigenvalue weighted by molar-refractivity contribution is 5.85. The minimum absolute atomic E-state index is 0.729. The van der Waals surface area contributed by atoms with E-state index in [2.05, 4.69) is 41.4 Å². The fraction of sp³-hybridized carbons (Fsp3) is 0.429. The van der Waals surface area contributed by atoms with Crippen LogP contribution in [-0.2, 0) is 6.42 Å². The second-order valence-electron chi connectivity index (χ2n) is 7.19. The fourth-order valence-corrected chi connectivity index (χ4v) is 3.92. The van der Waals surface area contributed by atoms with Crippen molar-refractivity contribution >= 4 is 22.5 Å². The Hall–Kier alpha value is -2.54. The van der Waals surface area contributed by atoms with Gasteiger partial charge in [0.25, 0.3) is 0 Å². The standard InChI is InChI=1S/C21H24N4/c1-3-6-16-13-20(24-11-9-15(2)10-12-24)25-19-8-5-4-7-18(19)23-21(25)17(16)14-22/h4-5,7-8,13,15H,3,6,9-12H2,1-2H3. The van der Waals surface area contributed by atoms with Gasteiger partial charge in [0.2, 0.25) is 0 Å². The Morgan fingerprint density at radius 3 is 2.72 bits per heavy atom. The highest BCUT2D eigenvalue weighted by Gasteiger charge is 2.22. The number of nitrogens with zero attached hydrogens (tertiary/aromatic N) is 4. The summed E-state index contributed by atoms with van der Waals surface area (Å²) in [6, 6.07) is 12.8. The third-order valence-electron chi connectivity index (χ3n) is 5.38. The number of rotatable bonds is 3. The molecule has 4 heteroatoms. The van der Waals surface area contributed by atoms with Gasteiger partial charge in [-0.2, -0.15) is 5.26 Å². The largest absolute Gasteiger partial charge is 0.358 e. The number of aromatic nitrogens is 2. The molecular weight excluding hydrogens is 308 g/mol. The lowest BCUT2D eigenvalue weighted by Gasteiger charge is -2.33. The van der Waals surface area contributed by atoms with Gasteiger partial charge in [0, 0.05) is 13.1 Å². The third-order valence-corrected chi connectivity index (χ3v) is 5.38. The molecule has 0 bridgehead atoms. The van der Waals surface area contributed by atoms with E-state index in [4.69, 9.17) is 4.98 Å². The Bertz CT molecular complexity index is 955. The van der Waals surface area contributed by atoms with Crippen LogP contribution >= 0.6 is 0 Å². The predicted octanol–water partition coefficient (Wildman–Crippen LogP) is 4.55. The molecule has 1 aliphatic heterocycles. The summed E-state index contributed by atoms with van der Waals surface area (Å²) in [4.78, 5) is 7.29. The van der Waals surface area contributed by atoms with E-state index in [1.807, 2.05) is 18.2 Å². The van der Waals surface area contributed by atoms with Crippen LogP contribution in [0.25, 0.3) is 16.7 Å². The average molecular weight is 332 g/mol. The lowest BCUT2D eigenvalue weighted by molar-refractivity contribution is 0.436. The van der Waals surface area contributed by atoms with Crippen molar-refractivity contribution in [1.82, 2.24) is 9.38 Å². The molecule has 0 radical (unpaired) electrons. The molecule has 128 valence electrons. The first-order valence-electron chi connectivity index (χ1n) is 9.31. The van der Waals surface area contributed by atoms with E-state index >= 15 is 0 Å². The van der Waals surface area contributed by atoms with Crippen LogP contribution in [0.1, 0.15) is 44.2 Å². The Morgan fingerprint density at radius 2 is 2.00 bits per heavy atom. The van der Waals surface area contributed by atoms with Crippen molar-refractivity contribution in [2.45, 2.75) is 39.5 Å². The van der Waals surface area contributed by atoms with Gasteiger partial charge < -0.3 is 4.90 Å². The first-order valence-corrected chi connectivity index (χ1v) is 9.31. The van der Waals surface area contributed by atoms with E-state index in [0.717, 1.165) is 59.7 Å². The molecule has 0 amide bonds. The zero-order chi connectivity index (χ0) is 17.4. The lowest BCUT2D eigenvalue weighted by atomic mass is 9.98. The van der Waals surface area contributed by atoms with Crippen LogP contribution in [0.5, 0.6) is 0 Å². The van der Waals surface area contributed by atoms with Crippen molar-refractivity contribution in [3.63, 3.8) is 0 Å². The summed E-state index contributed by atoms with van der Waals surface area (Å²) in [5, 5.41) is 9.79. The number of hydrogen-bond donors (Lipinski definition) is 0. The first-order chi connectivity index (χ1) is 12.2. The first kappa shape index (κ1) is 16.0. The zero-order valence-electron chi connectivity index (χ0n) is 15.0. The molecule has 0 aliphatic carbocycles. The van der Waals surface area contributed by atoms with Crippen molar-refractivity contribution in [1.29, 1.82) is 5.26 Å². The molecule has 4 nitrogen and oxygen atoms in total. The van der Waals surface area contributed by atoms with E-state index in [0.29, 0.717) is 0 Å². The number of benzene rings is 1. The maximum atomic E-state index is 9.79. The van der Waals surface area contributed by atoms with Gasteiger partial charge in [-0.1, -0.05) is 32.4 Å². The number of pyridine rings is 1. The average Bonchev–Trinajstić information content (AvgIpc) is 3.01. The number of imidazole rings is 1. The van der Waals surface area contributed by atoms with Crippen molar-refractivity contribution in [2.75, 3.05) is 18.0 Å². The second-order valence-corrected chi connectivity index (χ2v) is 7.19. The van der Waals surface area contributed by atoms with E-state index in [1.54, 1.807) is 0 Å². The van der Waals surface area contributed by atoms with Crippen LogP contribution < -0.4 is 4.90 Å². The number of aryl methyl sites for hydroxylation is 1. The molecule has 0 saturated carbocycles. The van der Waals surface area contributed by atoms with Crippen LogP contribution in [0.2, 0.25) is 0 Å². The maximum Gasteiger partial charge on any atom is 0.157 e. The van der Waals surface area contributed by atoms with Crippen LogP contribution in [0.15, 0.2) is 30.3 Å². The summed E-state index contributed by atoms with van der Waals surface area (Å²) in [7, 11) is 0. The van der Waals surface area contributed by atoms with Gasteiger partial charge in [-0.15, -0.1) is 0 Å². The second kappa shape index (κ2) is 6.40. The summed E-state index contributed by atoms with van der Waals surface area (Å²) >= 11 is 0. The molecule has 3 heterocycles. The minimum atomic E-state index is 0.729. The summed E-state index contributed by atoms with van der Waals surface area (Å²) in [6.07, 6.45) is 4.38. The highest BCUT2D eigenvalue weighted by atomic mass is 15.2. The topological polar surface area (TPSA) is 44.3 Å². The number of fused-ring (bicyclic) bond motifs is 3. The summed E-state index contributed by atoms with van der Waals surface area (Å²) in [5.74, 6) is 1.98. The molecule has 4 rings (SSSR count). The molecule has 0 unspecified atom stereocenters. The van der Waals surface area contributed by atoms with E-state index < -0.39 is 0 Å². The van der Waals surface area contributed by atoms with Crippen molar-refractivity contribution < 1.29 is 0 Å². The molecule has 1 aliphatic rings. The Labute approximate surface area is 148 Å². The lowest BCUT2D eigenvalue weighted by Crippen LogP contribution is -2.34. The van der Waals surface area contributed by atoms with Crippen LogP contribution in [0.3, 0.4) is 0 Å². The van der Waals surface area contributed by atoms with E-state index in [9.17, 15) is 5.26 Å². The number of para-hydroxylation sites is 2. The quantitative estimate of drug-likeness (QED) is 0.707. The monoisotopic (exact) mass is 332 g/mol. The molecule has 0 spiro atoms. The number of piperidine rings is 1. The molecule has 2 aromatic heterocycles. The summed E-state index contributed by atoms with van der Waals surface area (Å²) in [5.41, 5.74) is 4.71. The van der Waals surface area contributed by atoms with Gasteiger partial charge in [0.15, 0.2) is 5.65 Å². The Kier molecular flexibility index (Phi) is 4.09.